The van der Waals surface area contributed by atoms with Crippen molar-refractivity contribution in [3.8, 4) is 5.88 Å². The number of benzene rings is 1. The highest BCUT2D eigenvalue weighted by Crippen LogP contribution is 2.32. The third kappa shape index (κ3) is 2.92. The van der Waals surface area contributed by atoms with Crippen LogP contribution in [0.2, 0.25) is 0 Å². The standard InChI is InChI=1S/C19H24N4O2/c1-6-12(3)16-13(7-2)17(25-19(24)22(4)5)23-15-11-9-8-10-14(15)20-18(23)21-16/h8-12H,6-7H2,1-5H3. The van der Waals surface area contributed by atoms with Crippen LogP contribution in [-0.2, 0) is 6.42 Å². The number of ether oxygens (including phenoxy) is 1. The van der Waals surface area contributed by atoms with Gasteiger partial charge in [-0.05, 0) is 30.9 Å². The molecule has 1 aromatic carbocycles. The molecule has 0 aliphatic carbocycles. The summed E-state index contributed by atoms with van der Waals surface area (Å²) >= 11 is 0. The molecular weight excluding hydrogens is 316 g/mol. The van der Waals surface area contributed by atoms with Gasteiger partial charge in [-0.25, -0.2) is 19.2 Å². The van der Waals surface area contributed by atoms with Crippen molar-refractivity contribution in [2.75, 3.05) is 14.1 Å². The van der Waals surface area contributed by atoms with E-state index in [0.29, 0.717) is 11.7 Å². The number of fused-ring (bicyclic) bond motifs is 3. The molecule has 0 N–H and O–H groups in total. The van der Waals surface area contributed by atoms with Crippen molar-refractivity contribution < 1.29 is 9.53 Å². The average molecular weight is 340 g/mol. The maximum Gasteiger partial charge on any atom is 0.416 e. The highest BCUT2D eigenvalue weighted by molar-refractivity contribution is 5.81. The van der Waals surface area contributed by atoms with Crippen LogP contribution in [0.25, 0.3) is 16.8 Å². The summed E-state index contributed by atoms with van der Waals surface area (Å²) in [6.45, 7) is 6.32. The normalized spacial score (nSPS) is 12.5. The molecule has 0 saturated carbocycles. The van der Waals surface area contributed by atoms with Crippen LogP contribution in [-0.4, -0.2) is 39.5 Å². The lowest BCUT2D eigenvalue weighted by Gasteiger charge is -2.19. The maximum absolute atomic E-state index is 12.3. The lowest BCUT2D eigenvalue weighted by Crippen LogP contribution is -2.27. The van der Waals surface area contributed by atoms with Crippen LogP contribution < -0.4 is 4.74 Å². The zero-order valence-corrected chi connectivity index (χ0v) is 15.4. The Morgan fingerprint density at radius 2 is 1.96 bits per heavy atom. The Bertz CT molecular complexity index is 930. The second kappa shape index (κ2) is 6.70. The molecule has 0 aliphatic heterocycles. The highest BCUT2D eigenvalue weighted by Gasteiger charge is 2.23. The van der Waals surface area contributed by atoms with Gasteiger partial charge in [-0.2, -0.15) is 0 Å². The third-order valence-electron chi connectivity index (χ3n) is 4.52. The van der Waals surface area contributed by atoms with Gasteiger partial charge in [-0.3, -0.25) is 0 Å². The first-order valence-corrected chi connectivity index (χ1v) is 8.67. The van der Waals surface area contributed by atoms with E-state index in [-0.39, 0.29) is 5.92 Å². The molecule has 3 rings (SSSR count). The largest absolute Gasteiger partial charge is 0.416 e. The van der Waals surface area contributed by atoms with E-state index in [9.17, 15) is 4.79 Å². The van der Waals surface area contributed by atoms with E-state index in [1.807, 2.05) is 28.7 Å². The Morgan fingerprint density at radius 1 is 1.24 bits per heavy atom. The van der Waals surface area contributed by atoms with Crippen LogP contribution >= 0.6 is 0 Å². The molecule has 1 atom stereocenters. The van der Waals surface area contributed by atoms with Crippen molar-refractivity contribution in [1.82, 2.24) is 19.3 Å². The van der Waals surface area contributed by atoms with Gasteiger partial charge < -0.3 is 9.64 Å². The molecule has 2 heterocycles. The second-order valence-corrected chi connectivity index (χ2v) is 6.44. The van der Waals surface area contributed by atoms with Gasteiger partial charge >= 0.3 is 6.09 Å². The molecule has 25 heavy (non-hydrogen) atoms. The van der Waals surface area contributed by atoms with Crippen LogP contribution in [0.3, 0.4) is 0 Å². The Kier molecular flexibility index (Phi) is 4.61. The smallest absolute Gasteiger partial charge is 0.392 e. The van der Waals surface area contributed by atoms with E-state index in [4.69, 9.17) is 9.72 Å². The molecule has 0 saturated heterocycles. The van der Waals surface area contributed by atoms with Crippen LogP contribution in [0.15, 0.2) is 24.3 Å². The second-order valence-electron chi connectivity index (χ2n) is 6.44. The van der Waals surface area contributed by atoms with Gasteiger partial charge in [0.2, 0.25) is 11.7 Å². The summed E-state index contributed by atoms with van der Waals surface area (Å²) in [5.41, 5.74) is 3.63. The predicted octanol–water partition coefficient (Wildman–Crippen LogP) is 4.02. The van der Waals surface area contributed by atoms with E-state index >= 15 is 0 Å². The summed E-state index contributed by atoms with van der Waals surface area (Å²) in [5, 5.41) is 0. The van der Waals surface area contributed by atoms with Crippen molar-refractivity contribution in [3.63, 3.8) is 0 Å². The lowest BCUT2D eigenvalue weighted by molar-refractivity contribution is 0.169. The number of rotatable bonds is 4. The van der Waals surface area contributed by atoms with Crippen molar-refractivity contribution in [2.24, 2.45) is 0 Å². The number of para-hydroxylation sites is 2. The van der Waals surface area contributed by atoms with Gasteiger partial charge in [0, 0.05) is 19.7 Å². The van der Waals surface area contributed by atoms with E-state index < -0.39 is 6.09 Å². The molecule has 0 fully saturated rings. The topological polar surface area (TPSA) is 59.7 Å². The zero-order chi connectivity index (χ0) is 18.1. The Morgan fingerprint density at radius 3 is 2.60 bits per heavy atom. The van der Waals surface area contributed by atoms with Gasteiger partial charge in [-0.15, -0.1) is 0 Å². The van der Waals surface area contributed by atoms with Gasteiger partial charge in [0.15, 0.2) is 0 Å². The number of aromatic nitrogens is 3. The molecule has 0 radical (unpaired) electrons. The minimum Gasteiger partial charge on any atom is -0.392 e. The Hall–Kier alpha value is -2.63. The fourth-order valence-corrected chi connectivity index (χ4v) is 2.92. The first kappa shape index (κ1) is 17.2. The molecule has 6 heteroatoms. The zero-order valence-electron chi connectivity index (χ0n) is 15.4. The quantitative estimate of drug-likeness (QED) is 0.720. The monoisotopic (exact) mass is 340 g/mol. The van der Waals surface area contributed by atoms with Crippen LogP contribution in [0.1, 0.15) is 44.4 Å². The SMILES string of the molecule is CCc1c(C(C)CC)nc2nc3ccccc3n2c1OC(=O)N(C)C. The molecule has 2 aromatic heterocycles. The van der Waals surface area contributed by atoms with E-state index in [1.54, 1.807) is 14.1 Å². The van der Waals surface area contributed by atoms with Crippen LogP contribution in [0.4, 0.5) is 4.79 Å². The molecule has 132 valence electrons. The Labute approximate surface area is 147 Å². The number of carbonyl (C=O) groups is 1. The summed E-state index contributed by atoms with van der Waals surface area (Å²) < 4.78 is 7.63. The summed E-state index contributed by atoms with van der Waals surface area (Å²) in [6.07, 6.45) is 1.28. The number of hydrogen-bond donors (Lipinski definition) is 0. The number of amides is 1. The van der Waals surface area contributed by atoms with Crippen molar-refractivity contribution >= 4 is 22.9 Å². The molecule has 1 amide bonds. The van der Waals surface area contributed by atoms with Crippen LogP contribution in [0, 0.1) is 0 Å². The molecule has 0 bridgehead atoms. The van der Waals surface area contributed by atoms with Gasteiger partial charge in [0.25, 0.3) is 0 Å². The summed E-state index contributed by atoms with van der Waals surface area (Å²) in [7, 11) is 3.35. The highest BCUT2D eigenvalue weighted by atomic mass is 16.6. The summed E-state index contributed by atoms with van der Waals surface area (Å²) in [4.78, 5) is 23.1. The first-order valence-electron chi connectivity index (χ1n) is 8.67. The van der Waals surface area contributed by atoms with Crippen molar-refractivity contribution in [1.29, 1.82) is 0 Å². The fraction of sp³-hybridized carbons (Fsp3) is 0.421. The average Bonchev–Trinajstić information content (AvgIpc) is 2.98. The third-order valence-corrected chi connectivity index (χ3v) is 4.52. The molecule has 0 aliphatic rings. The van der Waals surface area contributed by atoms with Gasteiger partial charge in [-0.1, -0.05) is 32.9 Å². The minimum atomic E-state index is -0.407. The number of carbonyl (C=O) groups excluding carboxylic acids is 1. The molecule has 1 unspecified atom stereocenters. The number of nitrogens with zero attached hydrogens (tertiary/aromatic N) is 4. The van der Waals surface area contributed by atoms with E-state index in [2.05, 4.69) is 25.8 Å². The molecule has 6 nitrogen and oxygen atoms in total. The molecular formula is C19H24N4O2. The predicted molar refractivity (Wildman–Crippen MR) is 98.3 cm³/mol. The van der Waals surface area contributed by atoms with Crippen molar-refractivity contribution in [3.05, 3.63) is 35.5 Å². The molecule has 3 aromatic rings. The minimum absolute atomic E-state index is 0.261. The van der Waals surface area contributed by atoms with Gasteiger partial charge in [0.1, 0.15) is 0 Å². The van der Waals surface area contributed by atoms with Gasteiger partial charge in [0.05, 0.1) is 16.7 Å². The Balaban J connectivity index is 2.37. The first-order chi connectivity index (χ1) is 12.0. The summed E-state index contributed by atoms with van der Waals surface area (Å²) in [6, 6.07) is 7.79. The fourth-order valence-electron chi connectivity index (χ4n) is 2.92. The maximum atomic E-state index is 12.3. The van der Waals surface area contributed by atoms with Crippen LogP contribution in [0.5, 0.6) is 5.88 Å². The lowest BCUT2D eigenvalue weighted by atomic mass is 9.99. The van der Waals surface area contributed by atoms with E-state index in [1.165, 1.54) is 4.90 Å². The molecule has 0 spiro atoms. The number of imidazole rings is 1. The van der Waals surface area contributed by atoms with E-state index in [0.717, 1.165) is 35.1 Å². The van der Waals surface area contributed by atoms with Crippen molar-refractivity contribution in [2.45, 2.75) is 39.5 Å². The number of hydrogen-bond acceptors (Lipinski definition) is 4. The summed E-state index contributed by atoms with van der Waals surface area (Å²) in [5.74, 6) is 1.35.